The Bertz CT molecular complexity index is 252. The molecule has 0 fully saturated rings. The standard InChI is InChI=1S/C5H8N4S/c1-3-2-4(10-9-3)5(6)8-7/h2H,7H2,1H3,(H2,6,8). The molecule has 4 N–H and O–H groups in total. The molecule has 1 heterocycles. The molecule has 54 valence electrons. The van der Waals surface area contributed by atoms with E-state index in [-0.39, 0.29) is 0 Å². The molecule has 0 saturated heterocycles. The monoisotopic (exact) mass is 156 g/mol. The number of aromatic nitrogens is 1. The molecule has 0 amide bonds. The normalized spacial score (nSPS) is 11.9. The van der Waals surface area contributed by atoms with Crippen LogP contribution in [0.4, 0.5) is 0 Å². The second-order valence-electron chi connectivity index (χ2n) is 1.85. The predicted octanol–water partition coefficient (Wildman–Crippen LogP) is 0.0305. The smallest absolute Gasteiger partial charge is 0.162 e. The molecule has 1 aromatic rings. The van der Waals surface area contributed by atoms with Crippen LogP contribution in [0.2, 0.25) is 0 Å². The van der Waals surface area contributed by atoms with E-state index in [1.165, 1.54) is 11.5 Å². The van der Waals surface area contributed by atoms with Crippen molar-refractivity contribution in [2.24, 2.45) is 16.7 Å². The first-order valence-electron chi connectivity index (χ1n) is 2.71. The molecule has 0 radical (unpaired) electrons. The zero-order valence-electron chi connectivity index (χ0n) is 5.53. The van der Waals surface area contributed by atoms with E-state index in [9.17, 15) is 0 Å². The summed E-state index contributed by atoms with van der Waals surface area (Å²) in [6.07, 6.45) is 0. The van der Waals surface area contributed by atoms with Gasteiger partial charge in [0.1, 0.15) is 0 Å². The van der Waals surface area contributed by atoms with E-state index < -0.39 is 0 Å². The van der Waals surface area contributed by atoms with Crippen molar-refractivity contribution in [3.05, 3.63) is 16.6 Å². The van der Waals surface area contributed by atoms with Gasteiger partial charge in [-0.2, -0.15) is 9.47 Å². The Hall–Kier alpha value is -1.10. The summed E-state index contributed by atoms with van der Waals surface area (Å²) in [5.41, 5.74) is 6.34. The Balaban J connectivity index is 2.95. The molecule has 4 nitrogen and oxygen atoms in total. The summed E-state index contributed by atoms with van der Waals surface area (Å²) >= 11 is 1.30. The number of hydrogen-bond donors (Lipinski definition) is 2. The third-order valence-electron chi connectivity index (χ3n) is 1.02. The maximum Gasteiger partial charge on any atom is 0.162 e. The second-order valence-corrected chi connectivity index (χ2v) is 2.65. The first kappa shape index (κ1) is 7.01. The van der Waals surface area contributed by atoms with Crippen molar-refractivity contribution in [2.75, 3.05) is 0 Å². The first-order chi connectivity index (χ1) is 4.74. The highest BCUT2D eigenvalue weighted by molar-refractivity contribution is 7.08. The fourth-order valence-electron chi connectivity index (χ4n) is 0.548. The van der Waals surface area contributed by atoms with Gasteiger partial charge < -0.3 is 11.6 Å². The number of amidine groups is 1. The average molecular weight is 156 g/mol. The van der Waals surface area contributed by atoms with Gasteiger partial charge in [0.2, 0.25) is 0 Å². The number of nitrogens with zero attached hydrogens (tertiary/aromatic N) is 2. The summed E-state index contributed by atoms with van der Waals surface area (Å²) in [5.74, 6) is 5.29. The summed E-state index contributed by atoms with van der Waals surface area (Å²) in [7, 11) is 0. The Morgan fingerprint density at radius 1 is 1.80 bits per heavy atom. The van der Waals surface area contributed by atoms with Gasteiger partial charge in [-0.1, -0.05) is 0 Å². The van der Waals surface area contributed by atoms with Gasteiger partial charge in [0.25, 0.3) is 0 Å². The van der Waals surface area contributed by atoms with Gasteiger partial charge in [-0.05, 0) is 24.5 Å². The SMILES string of the molecule is Cc1cc(/C(N)=N/N)sn1. The van der Waals surface area contributed by atoms with Crippen LogP contribution >= 0.6 is 11.5 Å². The molecule has 0 aromatic carbocycles. The van der Waals surface area contributed by atoms with Crippen LogP contribution in [0, 0.1) is 6.92 Å². The van der Waals surface area contributed by atoms with Gasteiger partial charge in [-0.15, -0.1) is 0 Å². The molecule has 0 aliphatic rings. The molecule has 10 heavy (non-hydrogen) atoms. The van der Waals surface area contributed by atoms with E-state index in [0.717, 1.165) is 10.6 Å². The van der Waals surface area contributed by atoms with Gasteiger partial charge in [0.15, 0.2) is 5.84 Å². The van der Waals surface area contributed by atoms with Crippen LogP contribution in [0.5, 0.6) is 0 Å². The molecule has 0 aliphatic carbocycles. The lowest BCUT2D eigenvalue weighted by molar-refractivity contribution is 1.23. The Morgan fingerprint density at radius 2 is 2.50 bits per heavy atom. The first-order valence-corrected chi connectivity index (χ1v) is 3.48. The fraction of sp³-hybridized carbons (Fsp3) is 0.200. The fourth-order valence-corrected chi connectivity index (χ4v) is 1.21. The Kier molecular flexibility index (Phi) is 1.86. The molecule has 1 rings (SSSR count). The minimum absolute atomic E-state index is 0.339. The number of hydrogen-bond acceptors (Lipinski definition) is 4. The van der Waals surface area contributed by atoms with Crippen molar-refractivity contribution < 1.29 is 0 Å². The summed E-state index contributed by atoms with van der Waals surface area (Å²) < 4.78 is 4.01. The number of hydrazone groups is 1. The second kappa shape index (κ2) is 2.66. The van der Waals surface area contributed by atoms with Gasteiger partial charge in [0.05, 0.1) is 10.6 Å². The van der Waals surface area contributed by atoms with Crippen molar-refractivity contribution in [3.63, 3.8) is 0 Å². The highest BCUT2D eigenvalue weighted by Crippen LogP contribution is 2.07. The van der Waals surface area contributed by atoms with Crippen LogP contribution in [-0.4, -0.2) is 10.2 Å². The summed E-state index contributed by atoms with van der Waals surface area (Å²) in [6.45, 7) is 1.89. The zero-order chi connectivity index (χ0) is 7.56. The lowest BCUT2D eigenvalue weighted by atomic mass is 10.4. The van der Waals surface area contributed by atoms with Crippen molar-refractivity contribution in [2.45, 2.75) is 6.92 Å². The highest BCUT2D eigenvalue weighted by atomic mass is 32.1. The van der Waals surface area contributed by atoms with Crippen LogP contribution in [0.15, 0.2) is 11.2 Å². The van der Waals surface area contributed by atoms with Crippen molar-refractivity contribution in [1.82, 2.24) is 4.37 Å². The van der Waals surface area contributed by atoms with Gasteiger partial charge >= 0.3 is 0 Å². The number of aryl methyl sites for hydroxylation is 1. The maximum atomic E-state index is 5.40. The minimum Gasteiger partial charge on any atom is -0.381 e. The van der Waals surface area contributed by atoms with Crippen molar-refractivity contribution >= 4 is 17.4 Å². The van der Waals surface area contributed by atoms with E-state index >= 15 is 0 Å². The molecule has 0 bridgehead atoms. The molecular weight excluding hydrogens is 148 g/mol. The zero-order valence-corrected chi connectivity index (χ0v) is 6.35. The maximum absolute atomic E-state index is 5.40. The molecule has 1 aromatic heterocycles. The molecule has 0 saturated carbocycles. The topological polar surface area (TPSA) is 77.3 Å². The Morgan fingerprint density at radius 3 is 2.90 bits per heavy atom. The van der Waals surface area contributed by atoms with E-state index in [1.54, 1.807) is 0 Å². The highest BCUT2D eigenvalue weighted by Gasteiger charge is 2.00. The summed E-state index contributed by atoms with van der Waals surface area (Å²) in [5, 5.41) is 3.34. The number of rotatable bonds is 1. The number of nitrogens with two attached hydrogens (primary N) is 2. The van der Waals surface area contributed by atoms with Crippen LogP contribution in [0.3, 0.4) is 0 Å². The van der Waals surface area contributed by atoms with E-state index in [4.69, 9.17) is 11.6 Å². The molecule has 0 spiro atoms. The van der Waals surface area contributed by atoms with E-state index in [1.807, 2.05) is 13.0 Å². The van der Waals surface area contributed by atoms with Crippen LogP contribution in [0.25, 0.3) is 0 Å². The van der Waals surface area contributed by atoms with Crippen molar-refractivity contribution in [1.29, 1.82) is 0 Å². The van der Waals surface area contributed by atoms with Crippen LogP contribution < -0.4 is 11.6 Å². The Labute approximate surface area is 62.7 Å². The van der Waals surface area contributed by atoms with Gasteiger partial charge in [-0.25, -0.2) is 0 Å². The third kappa shape index (κ3) is 1.24. The van der Waals surface area contributed by atoms with Gasteiger partial charge in [-0.3, -0.25) is 0 Å². The average Bonchev–Trinajstić information content (AvgIpc) is 2.34. The lowest BCUT2D eigenvalue weighted by Crippen LogP contribution is -2.13. The largest absolute Gasteiger partial charge is 0.381 e. The van der Waals surface area contributed by atoms with Gasteiger partial charge in [0, 0.05) is 0 Å². The summed E-state index contributed by atoms with van der Waals surface area (Å²) in [6, 6.07) is 1.84. The molecule has 0 aliphatic heterocycles. The summed E-state index contributed by atoms with van der Waals surface area (Å²) in [4.78, 5) is 0.819. The van der Waals surface area contributed by atoms with E-state index in [0.29, 0.717) is 5.84 Å². The third-order valence-corrected chi connectivity index (χ3v) is 1.92. The molecular formula is C5H8N4S. The quantitative estimate of drug-likeness (QED) is 0.260. The van der Waals surface area contributed by atoms with Crippen LogP contribution in [0.1, 0.15) is 10.6 Å². The molecule has 0 atom stereocenters. The minimum atomic E-state index is 0.339. The lowest BCUT2D eigenvalue weighted by Gasteiger charge is -1.87. The molecule has 0 unspecified atom stereocenters. The van der Waals surface area contributed by atoms with E-state index in [2.05, 4.69) is 9.47 Å². The molecule has 5 heteroatoms. The van der Waals surface area contributed by atoms with Crippen LogP contribution in [-0.2, 0) is 0 Å². The predicted molar refractivity (Wildman–Crippen MR) is 41.8 cm³/mol. The van der Waals surface area contributed by atoms with Crippen molar-refractivity contribution in [3.8, 4) is 0 Å².